The lowest BCUT2D eigenvalue weighted by atomic mass is 10.0. The van der Waals surface area contributed by atoms with Gasteiger partial charge in [0.2, 0.25) is 5.91 Å². The molecule has 0 bridgehead atoms. The van der Waals surface area contributed by atoms with Gasteiger partial charge in [-0.25, -0.2) is 9.37 Å². The van der Waals surface area contributed by atoms with Crippen LogP contribution in [-0.4, -0.2) is 39.3 Å². The summed E-state index contributed by atoms with van der Waals surface area (Å²) >= 11 is 0. The molecule has 2 aromatic carbocycles. The fourth-order valence-electron chi connectivity index (χ4n) is 3.49. The number of ether oxygens (including phenoxy) is 1. The fraction of sp³-hybridized carbons (Fsp3) is 0.217. The van der Waals surface area contributed by atoms with Gasteiger partial charge in [0.1, 0.15) is 17.5 Å². The summed E-state index contributed by atoms with van der Waals surface area (Å²) in [4.78, 5) is 35.3. The maximum absolute atomic E-state index is 13.7. The Hall–Kier alpha value is -3.81. The second-order valence-corrected chi connectivity index (χ2v) is 7.15. The van der Waals surface area contributed by atoms with Gasteiger partial charge in [-0.15, -0.1) is 0 Å². The van der Waals surface area contributed by atoms with Crippen LogP contribution in [0.4, 0.5) is 10.1 Å². The Bertz CT molecular complexity index is 1060. The van der Waals surface area contributed by atoms with Gasteiger partial charge in [-0.2, -0.15) is 0 Å². The highest BCUT2D eigenvalue weighted by Crippen LogP contribution is 2.26. The second-order valence-electron chi connectivity index (χ2n) is 7.15. The number of halogens is 1. The Labute approximate surface area is 178 Å². The zero-order chi connectivity index (χ0) is 21.6. The summed E-state index contributed by atoms with van der Waals surface area (Å²) in [5, 5.41) is 2.85. The first-order valence-electron chi connectivity index (χ1n) is 10.0. The predicted molar refractivity (Wildman–Crippen MR) is 112 cm³/mol. The molecule has 4 rings (SSSR count). The zero-order valence-electron chi connectivity index (χ0n) is 16.7. The van der Waals surface area contributed by atoms with Gasteiger partial charge in [-0.3, -0.25) is 14.6 Å². The number of nitrogens with zero attached hydrogens (tertiary/aromatic N) is 3. The van der Waals surface area contributed by atoms with Crippen molar-refractivity contribution >= 4 is 17.5 Å². The standard InChI is InChI=1S/C23H21FN4O3/c24-18-5-1-2-7-21(18)31-17-10-8-16(9-11-17)27-22(29)20-6-3-4-14-28(20)23(30)19-15-25-12-13-26-19/h1-2,5,7-13,15,20H,3-4,6,14H2,(H,27,29)/t20-/m1/s1. The number of hydrogen-bond donors (Lipinski definition) is 1. The number of carbonyl (C=O) groups is 2. The van der Waals surface area contributed by atoms with Gasteiger partial charge in [0.25, 0.3) is 5.91 Å². The number of piperidine rings is 1. The van der Waals surface area contributed by atoms with Crippen molar-refractivity contribution in [3.63, 3.8) is 0 Å². The minimum absolute atomic E-state index is 0.125. The van der Waals surface area contributed by atoms with E-state index in [0.29, 0.717) is 24.4 Å². The molecule has 1 aromatic heterocycles. The maximum Gasteiger partial charge on any atom is 0.274 e. The highest BCUT2D eigenvalue weighted by atomic mass is 19.1. The van der Waals surface area contributed by atoms with E-state index in [1.165, 1.54) is 30.7 Å². The number of hydrogen-bond acceptors (Lipinski definition) is 5. The van der Waals surface area contributed by atoms with Crippen molar-refractivity contribution in [1.82, 2.24) is 14.9 Å². The first kappa shape index (κ1) is 20.5. The Morgan fingerprint density at radius 1 is 1.06 bits per heavy atom. The lowest BCUT2D eigenvalue weighted by molar-refractivity contribution is -0.121. The molecule has 1 atom stereocenters. The maximum atomic E-state index is 13.7. The molecule has 2 amide bonds. The van der Waals surface area contributed by atoms with Crippen molar-refractivity contribution in [2.45, 2.75) is 25.3 Å². The number of carbonyl (C=O) groups excluding carboxylic acids is 2. The average molecular weight is 420 g/mol. The smallest absolute Gasteiger partial charge is 0.274 e. The summed E-state index contributed by atoms with van der Waals surface area (Å²) in [5.41, 5.74) is 0.778. The van der Waals surface area contributed by atoms with Crippen molar-refractivity contribution in [2.24, 2.45) is 0 Å². The van der Waals surface area contributed by atoms with Crippen molar-refractivity contribution in [1.29, 1.82) is 0 Å². The monoisotopic (exact) mass is 420 g/mol. The summed E-state index contributed by atoms with van der Waals surface area (Å²) in [7, 11) is 0. The van der Waals surface area contributed by atoms with Crippen molar-refractivity contribution < 1.29 is 18.7 Å². The largest absolute Gasteiger partial charge is 0.454 e. The fourth-order valence-corrected chi connectivity index (χ4v) is 3.49. The summed E-state index contributed by atoms with van der Waals surface area (Å²) in [6.07, 6.45) is 6.62. The molecule has 31 heavy (non-hydrogen) atoms. The van der Waals surface area contributed by atoms with E-state index >= 15 is 0 Å². The van der Waals surface area contributed by atoms with Gasteiger partial charge < -0.3 is 15.0 Å². The predicted octanol–water partition coefficient (Wildman–Crippen LogP) is 4.04. The molecular formula is C23H21FN4O3. The van der Waals surface area contributed by atoms with E-state index in [9.17, 15) is 14.0 Å². The van der Waals surface area contributed by atoms with Crippen molar-refractivity contribution in [3.05, 3.63) is 78.6 Å². The third kappa shape index (κ3) is 4.85. The Morgan fingerprint density at radius 3 is 2.61 bits per heavy atom. The van der Waals surface area contributed by atoms with E-state index in [1.54, 1.807) is 41.3 Å². The molecule has 1 fully saturated rings. The van der Waals surface area contributed by atoms with Gasteiger partial charge in [0.05, 0.1) is 6.20 Å². The molecule has 1 aliphatic heterocycles. The summed E-state index contributed by atoms with van der Waals surface area (Å²) in [5.74, 6) is -0.453. The highest BCUT2D eigenvalue weighted by molar-refractivity contribution is 6.00. The van der Waals surface area contributed by atoms with Crippen LogP contribution >= 0.6 is 0 Å². The van der Waals surface area contributed by atoms with E-state index in [1.807, 2.05) is 0 Å². The number of anilines is 1. The Kier molecular flexibility index (Phi) is 6.16. The minimum atomic E-state index is -0.586. The second kappa shape index (κ2) is 9.34. The molecule has 1 aliphatic rings. The molecule has 2 heterocycles. The van der Waals surface area contributed by atoms with Gasteiger partial charge in [0.15, 0.2) is 11.6 Å². The number of benzene rings is 2. The van der Waals surface area contributed by atoms with E-state index in [-0.39, 0.29) is 23.3 Å². The van der Waals surface area contributed by atoms with Crippen LogP contribution in [-0.2, 0) is 4.79 Å². The topological polar surface area (TPSA) is 84.4 Å². The quantitative estimate of drug-likeness (QED) is 0.673. The molecule has 0 radical (unpaired) electrons. The Balaban J connectivity index is 1.43. The highest BCUT2D eigenvalue weighted by Gasteiger charge is 2.33. The molecule has 158 valence electrons. The molecule has 7 nitrogen and oxygen atoms in total. The molecule has 1 saturated heterocycles. The van der Waals surface area contributed by atoms with Crippen LogP contribution in [0.2, 0.25) is 0 Å². The van der Waals surface area contributed by atoms with E-state index < -0.39 is 11.9 Å². The molecule has 1 N–H and O–H groups in total. The number of amides is 2. The average Bonchev–Trinajstić information content (AvgIpc) is 2.82. The van der Waals surface area contributed by atoms with Crippen molar-refractivity contribution in [3.8, 4) is 11.5 Å². The number of rotatable bonds is 5. The lowest BCUT2D eigenvalue weighted by Crippen LogP contribution is -2.50. The Morgan fingerprint density at radius 2 is 1.87 bits per heavy atom. The van der Waals surface area contributed by atoms with Gasteiger partial charge in [-0.1, -0.05) is 12.1 Å². The summed E-state index contributed by atoms with van der Waals surface area (Å²) in [6.45, 7) is 0.489. The number of likely N-dealkylation sites (tertiary alicyclic amines) is 1. The number of nitrogens with one attached hydrogen (secondary N) is 1. The third-order valence-corrected chi connectivity index (χ3v) is 5.03. The summed E-state index contributed by atoms with van der Waals surface area (Å²) in [6, 6.07) is 12.2. The first-order chi connectivity index (χ1) is 15.1. The molecule has 0 spiro atoms. The normalized spacial score (nSPS) is 15.9. The SMILES string of the molecule is O=C(Nc1ccc(Oc2ccccc2F)cc1)[C@H]1CCCCN1C(=O)c1cnccn1. The zero-order valence-corrected chi connectivity index (χ0v) is 16.7. The van der Waals surface area contributed by atoms with Gasteiger partial charge in [0, 0.05) is 24.6 Å². The van der Waals surface area contributed by atoms with Crippen LogP contribution in [0.3, 0.4) is 0 Å². The van der Waals surface area contributed by atoms with Crippen LogP contribution in [0, 0.1) is 5.82 Å². The number of aromatic nitrogens is 2. The third-order valence-electron chi connectivity index (χ3n) is 5.03. The van der Waals surface area contributed by atoms with E-state index in [2.05, 4.69) is 15.3 Å². The lowest BCUT2D eigenvalue weighted by Gasteiger charge is -2.34. The van der Waals surface area contributed by atoms with Crippen LogP contribution < -0.4 is 10.1 Å². The van der Waals surface area contributed by atoms with E-state index in [4.69, 9.17) is 4.74 Å². The van der Waals surface area contributed by atoms with E-state index in [0.717, 1.165) is 12.8 Å². The van der Waals surface area contributed by atoms with Crippen LogP contribution in [0.25, 0.3) is 0 Å². The summed E-state index contributed by atoms with van der Waals surface area (Å²) < 4.78 is 19.3. The molecule has 0 saturated carbocycles. The molecule has 3 aromatic rings. The molecule has 0 unspecified atom stereocenters. The van der Waals surface area contributed by atoms with Crippen LogP contribution in [0.15, 0.2) is 67.1 Å². The molecular weight excluding hydrogens is 399 g/mol. The van der Waals surface area contributed by atoms with Crippen LogP contribution in [0.5, 0.6) is 11.5 Å². The van der Waals surface area contributed by atoms with Gasteiger partial charge >= 0.3 is 0 Å². The van der Waals surface area contributed by atoms with Crippen molar-refractivity contribution in [2.75, 3.05) is 11.9 Å². The molecule has 8 heteroatoms. The minimum Gasteiger partial charge on any atom is -0.454 e. The first-order valence-corrected chi connectivity index (χ1v) is 10.0. The molecule has 0 aliphatic carbocycles. The van der Waals surface area contributed by atoms with Crippen LogP contribution in [0.1, 0.15) is 29.8 Å². The number of para-hydroxylation sites is 1. The van der Waals surface area contributed by atoms with Gasteiger partial charge in [-0.05, 0) is 55.7 Å².